The SMILES string of the molecule is CCC(N)c1nc(-c2ccc(OC)c(C)c2)no1. The molecule has 0 amide bonds. The fourth-order valence-corrected chi connectivity index (χ4v) is 1.70. The van der Waals surface area contributed by atoms with Gasteiger partial charge in [-0.3, -0.25) is 0 Å². The molecule has 5 heteroatoms. The molecule has 2 N–H and O–H groups in total. The predicted molar refractivity (Wildman–Crippen MR) is 68.2 cm³/mol. The van der Waals surface area contributed by atoms with E-state index in [0.29, 0.717) is 11.7 Å². The van der Waals surface area contributed by atoms with E-state index in [4.69, 9.17) is 15.0 Å². The molecule has 1 aromatic heterocycles. The Bertz CT molecular complexity index is 537. The number of hydrogen-bond donors (Lipinski definition) is 1. The van der Waals surface area contributed by atoms with Crippen molar-refractivity contribution in [2.24, 2.45) is 5.73 Å². The largest absolute Gasteiger partial charge is 0.496 e. The van der Waals surface area contributed by atoms with E-state index in [1.54, 1.807) is 7.11 Å². The summed E-state index contributed by atoms with van der Waals surface area (Å²) in [6.45, 7) is 3.95. The van der Waals surface area contributed by atoms with Crippen LogP contribution in [0.25, 0.3) is 11.4 Å². The predicted octanol–water partition coefficient (Wildman–Crippen LogP) is 2.46. The Morgan fingerprint density at radius 1 is 1.44 bits per heavy atom. The Kier molecular flexibility index (Phi) is 3.62. The average Bonchev–Trinajstić information content (AvgIpc) is 2.87. The zero-order valence-electron chi connectivity index (χ0n) is 10.8. The van der Waals surface area contributed by atoms with Gasteiger partial charge in [-0.25, -0.2) is 0 Å². The molecule has 0 radical (unpaired) electrons. The van der Waals surface area contributed by atoms with Crippen LogP contribution in [0, 0.1) is 6.92 Å². The highest BCUT2D eigenvalue weighted by atomic mass is 16.5. The highest BCUT2D eigenvalue weighted by molar-refractivity contribution is 5.58. The average molecular weight is 247 g/mol. The number of aromatic nitrogens is 2. The summed E-state index contributed by atoms with van der Waals surface area (Å²) >= 11 is 0. The van der Waals surface area contributed by atoms with Gasteiger partial charge in [0.05, 0.1) is 13.2 Å². The van der Waals surface area contributed by atoms with Crippen molar-refractivity contribution in [2.45, 2.75) is 26.3 Å². The van der Waals surface area contributed by atoms with Gasteiger partial charge in [0, 0.05) is 5.56 Å². The maximum absolute atomic E-state index is 5.84. The van der Waals surface area contributed by atoms with E-state index >= 15 is 0 Å². The third-order valence-corrected chi connectivity index (χ3v) is 2.85. The summed E-state index contributed by atoms with van der Waals surface area (Å²) in [5, 5.41) is 3.95. The number of methoxy groups -OCH3 is 1. The fourth-order valence-electron chi connectivity index (χ4n) is 1.70. The molecule has 0 aliphatic rings. The monoisotopic (exact) mass is 247 g/mol. The number of hydrogen-bond acceptors (Lipinski definition) is 5. The Morgan fingerprint density at radius 2 is 2.22 bits per heavy atom. The molecule has 1 aromatic carbocycles. The quantitative estimate of drug-likeness (QED) is 0.898. The lowest BCUT2D eigenvalue weighted by molar-refractivity contribution is 0.352. The van der Waals surface area contributed by atoms with Crippen LogP contribution in [0.2, 0.25) is 0 Å². The Hall–Kier alpha value is -1.88. The second-order valence-electron chi connectivity index (χ2n) is 4.16. The van der Waals surface area contributed by atoms with Gasteiger partial charge < -0.3 is 15.0 Å². The molecule has 1 heterocycles. The Labute approximate surface area is 106 Å². The van der Waals surface area contributed by atoms with E-state index in [1.165, 1.54) is 0 Å². The van der Waals surface area contributed by atoms with E-state index in [1.807, 2.05) is 32.0 Å². The van der Waals surface area contributed by atoms with E-state index in [0.717, 1.165) is 23.3 Å². The van der Waals surface area contributed by atoms with Crippen molar-refractivity contribution < 1.29 is 9.26 Å². The minimum absolute atomic E-state index is 0.203. The van der Waals surface area contributed by atoms with Crippen molar-refractivity contribution in [3.63, 3.8) is 0 Å². The molecule has 0 bridgehead atoms. The lowest BCUT2D eigenvalue weighted by Crippen LogP contribution is -2.08. The number of aryl methyl sites for hydroxylation is 1. The molecule has 0 aliphatic heterocycles. The zero-order chi connectivity index (χ0) is 13.1. The molecule has 0 saturated carbocycles. The summed E-state index contributed by atoms with van der Waals surface area (Å²) < 4.78 is 10.4. The number of nitrogens with two attached hydrogens (primary N) is 1. The van der Waals surface area contributed by atoms with Crippen LogP contribution in [0.3, 0.4) is 0 Å². The second kappa shape index (κ2) is 5.18. The van der Waals surface area contributed by atoms with Crippen LogP contribution in [0.5, 0.6) is 5.75 Å². The van der Waals surface area contributed by atoms with Gasteiger partial charge in [-0.15, -0.1) is 0 Å². The van der Waals surface area contributed by atoms with Crippen LogP contribution in [-0.4, -0.2) is 17.3 Å². The van der Waals surface area contributed by atoms with Gasteiger partial charge in [-0.2, -0.15) is 4.98 Å². The first-order valence-electron chi connectivity index (χ1n) is 5.90. The maximum atomic E-state index is 5.84. The Morgan fingerprint density at radius 3 is 2.83 bits per heavy atom. The van der Waals surface area contributed by atoms with Gasteiger partial charge in [0.25, 0.3) is 0 Å². The molecular formula is C13H17N3O2. The number of rotatable bonds is 4. The fraction of sp³-hybridized carbons (Fsp3) is 0.385. The van der Waals surface area contributed by atoms with Crippen molar-refractivity contribution in [3.8, 4) is 17.1 Å². The summed E-state index contributed by atoms with van der Waals surface area (Å²) in [5.41, 5.74) is 7.77. The lowest BCUT2D eigenvalue weighted by Gasteiger charge is -2.04. The molecule has 18 heavy (non-hydrogen) atoms. The molecule has 0 aliphatic carbocycles. The molecule has 0 spiro atoms. The molecule has 1 unspecified atom stereocenters. The molecule has 2 aromatic rings. The van der Waals surface area contributed by atoms with Crippen LogP contribution >= 0.6 is 0 Å². The standard InChI is InChI=1S/C13H17N3O2/c1-4-10(14)13-15-12(16-18-13)9-5-6-11(17-3)8(2)7-9/h5-7,10H,4,14H2,1-3H3. The normalized spacial score (nSPS) is 12.4. The summed E-state index contributed by atoms with van der Waals surface area (Å²) in [4.78, 5) is 4.30. The van der Waals surface area contributed by atoms with Crippen molar-refractivity contribution in [2.75, 3.05) is 7.11 Å². The van der Waals surface area contributed by atoms with E-state index in [-0.39, 0.29) is 6.04 Å². The first-order valence-corrected chi connectivity index (χ1v) is 5.90. The van der Waals surface area contributed by atoms with Crippen LogP contribution < -0.4 is 10.5 Å². The zero-order valence-corrected chi connectivity index (χ0v) is 10.8. The molecule has 96 valence electrons. The third kappa shape index (κ3) is 2.36. The highest BCUT2D eigenvalue weighted by Gasteiger charge is 2.14. The van der Waals surface area contributed by atoms with Gasteiger partial charge in [0.1, 0.15) is 5.75 Å². The van der Waals surface area contributed by atoms with Gasteiger partial charge in [0.2, 0.25) is 11.7 Å². The summed E-state index contributed by atoms with van der Waals surface area (Å²) in [5.74, 6) is 1.87. The molecule has 1 atom stereocenters. The van der Waals surface area contributed by atoms with Crippen molar-refractivity contribution in [3.05, 3.63) is 29.7 Å². The van der Waals surface area contributed by atoms with Crippen molar-refractivity contribution in [1.82, 2.24) is 10.1 Å². The molecule has 0 fully saturated rings. The van der Waals surface area contributed by atoms with Gasteiger partial charge >= 0.3 is 0 Å². The second-order valence-corrected chi connectivity index (χ2v) is 4.16. The number of benzene rings is 1. The highest BCUT2D eigenvalue weighted by Crippen LogP contribution is 2.25. The van der Waals surface area contributed by atoms with Crippen LogP contribution in [-0.2, 0) is 0 Å². The molecule has 5 nitrogen and oxygen atoms in total. The summed E-state index contributed by atoms with van der Waals surface area (Å²) in [7, 11) is 1.65. The van der Waals surface area contributed by atoms with Crippen molar-refractivity contribution >= 4 is 0 Å². The van der Waals surface area contributed by atoms with Gasteiger partial charge in [-0.05, 0) is 37.1 Å². The van der Waals surface area contributed by atoms with Crippen LogP contribution in [0.15, 0.2) is 22.7 Å². The number of ether oxygens (including phenoxy) is 1. The first kappa shape index (κ1) is 12.6. The maximum Gasteiger partial charge on any atom is 0.243 e. The molecular weight excluding hydrogens is 230 g/mol. The van der Waals surface area contributed by atoms with Crippen molar-refractivity contribution in [1.29, 1.82) is 0 Å². The smallest absolute Gasteiger partial charge is 0.243 e. The summed E-state index contributed by atoms with van der Waals surface area (Å²) in [6.07, 6.45) is 0.767. The molecule has 0 saturated heterocycles. The van der Waals surface area contributed by atoms with E-state index in [9.17, 15) is 0 Å². The lowest BCUT2D eigenvalue weighted by atomic mass is 10.1. The topological polar surface area (TPSA) is 74.2 Å². The minimum atomic E-state index is -0.203. The number of nitrogens with zero attached hydrogens (tertiary/aromatic N) is 2. The third-order valence-electron chi connectivity index (χ3n) is 2.85. The van der Waals surface area contributed by atoms with Gasteiger partial charge in [0.15, 0.2) is 0 Å². The minimum Gasteiger partial charge on any atom is -0.496 e. The first-order chi connectivity index (χ1) is 8.65. The Balaban J connectivity index is 2.31. The van der Waals surface area contributed by atoms with Gasteiger partial charge in [-0.1, -0.05) is 12.1 Å². The van der Waals surface area contributed by atoms with Crippen LogP contribution in [0.4, 0.5) is 0 Å². The summed E-state index contributed by atoms with van der Waals surface area (Å²) in [6, 6.07) is 5.55. The molecule has 2 rings (SSSR count). The van der Waals surface area contributed by atoms with E-state index < -0.39 is 0 Å². The van der Waals surface area contributed by atoms with E-state index in [2.05, 4.69) is 10.1 Å². The van der Waals surface area contributed by atoms with Crippen LogP contribution in [0.1, 0.15) is 30.8 Å².